The lowest BCUT2D eigenvalue weighted by Gasteiger charge is -2.23. The Hall–Kier alpha value is -1.86. The van der Waals surface area contributed by atoms with Crippen LogP contribution in [-0.2, 0) is 0 Å². The van der Waals surface area contributed by atoms with Crippen LogP contribution in [-0.4, -0.2) is 8.07 Å². The van der Waals surface area contributed by atoms with E-state index in [1.807, 2.05) is 0 Å². The molecule has 102 valence electrons. The summed E-state index contributed by atoms with van der Waals surface area (Å²) in [7, 11) is -1.13. The Morgan fingerprint density at radius 2 is 1.38 bits per heavy atom. The third-order valence-electron chi connectivity index (χ3n) is 5.62. The number of rotatable bonds is 1. The maximum absolute atomic E-state index is 2.50. The Kier molecular flexibility index (Phi) is 2.05. The molecule has 0 nitrogen and oxygen atoms in total. The average Bonchev–Trinajstić information content (AvgIpc) is 2.87. The molecular formula is C20H18Si. The highest BCUT2D eigenvalue weighted by Gasteiger charge is 2.54. The number of hydrogen-bond donors (Lipinski definition) is 0. The van der Waals surface area contributed by atoms with E-state index in [0.29, 0.717) is 11.8 Å². The molecule has 0 saturated carbocycles. The molecule has 1 aliphatic heterocycles. The molecule has 1 heteroatoms. The SMILES string of the molecule is C[Si]1(C)C2=C1C(C1c3ccccc3-c3ccccc31)C=C2. The Balaban J connectivity index is 1.72. The second kappa shape index (κ2) is 3.66. The summed E-state index contributed by atoms with van der Waals surface area (Å²) in [5.41, 5.74) is 5.94. The van der Waals surface area contributed by atoms with Crippen molar-refractivity contribution >= 4 is 8.07 Å². The van der Waals surface area contributed by atoms with Crippen molar-refractivity contribution in [2.45, 2.75) is 19.0 Å². The number of hydrogen-bond acceptors (Lipinski definition) is 0. The summed E-state index contributed by atoms with van der Waals surface area (Å²) >= 11 is 0. The third-order valence-corrected chi connectivity index (χ3v) is 9.10. The summed E-state index contributed by atoms with van der Waals surface area (Å²) in [5, 5.41) is 3.52. The predicted molar refractivity (Wildman–Crippen MR) is 90.9 cm³/mol. The van der Waals surface area contributed by atoms with Crippen molar-refractivity contribution in [3.8, 4) is 11.1 Å². The zero-order valence-electron chi connectivity index (χ0n) is 12.4. The van der Waals surface area contributed by atoms with Crippen LogP contribution in [0.4, 0.5) is 0 Å². The first-order valence-corrected chi connectivity index (χ1v) is 10.8. The van der Waals surface area contributed by atoms with Crippen molar-refractivity contribution in [1.82, 2.24) is 0 Å². The van der Waals surface area contributed by atoms with Crippen LogP contribution in [0.1, 0.15) is 17.0 Å². The standard InChI is InChI=1S/C20H18Si/c1-21(2)18-12-11-17(20(18)21)19-15-9-5-3-7-13(15)14-8-4-6-10-16(14)19/h3-12,17,19H,1-2H3. The Morgan fingerprint density at radius 3 is 1.90 bits per heavy atom. The lowest BCUT2D eigenvalue weighted by molar-refractivity contribution is 0.698. The van der Waals surface area contributed by atoms with Gasteiger partial charge in [0.05, 0.1) is 0 Å². The molecule has 1 heterocycles. The molecule has 5 rings (SSSR count). The highest BCUT2D eigenvalue weighted by Crippen LogP contribution is 2.59. The first kappa shape index (κ1) is 11.8. The molecule has 2 aromatic rings. The average molecular weight is 286 g/mol. The second-order valence-electron chi connectivity index (χ2n) is 6.99. The Labute approximate surface area is 126 Å². The Morgan fingerprint density at radius 1 is 0.810 bits per heavy atom. The highest BCUT2D eigenvalue weighted by atomic mass is 28.3. The zero-order valence-corrected chi connectivity index (χ0v) is 13.4. The van der Waals surface area contributed by atoms with Crippen LogP contribution >= 0.6 is 0 Å². The van der Waals surface area contributed by atoms with Gasteiger partial charge in [-0.15, -0.1) is 0 Å². The van der Waals surface area contributed by atoms with Crippen LogP contribution in [0, 0.1) is 5.92 Å². The molecule has 0 bridgehead atoms. The quantitative estimate of drug-likeness (QED) is 0.641. The normalized spacial score (nSPS) is 24.0. The van der Waals surface area contributed by atoms with Crippen LogP contribution in [0.2, 0.25) is 13.1 Å². The molecule has 2 aliphatic carbocycles. The van der Waals surface area contributed by atoms with Crippen LogP contribution < -0.4 is 0 Å². The first-order chi connectivity index (χ1) is 10.2. The molecule has 1 atom stereocenters. The molecule has 0 amide bonds. The van der Waals surface area contributed by atoms with E-state index in [-0.39, 0.29) is 0 Å². The summed E-state index contributed by atoms with van der Waals surface area (Å²) in [6, 6.07) is 18.0. The smallest absolute Gasteiger partial charge is 0.0769 e. The van der Waals surface area contributed by atoms with Crippen LogP contribution in [0.3, 0.4) is 0 Å². The van der Waals surface area contributed by atoms with Crippen molar-refractivity contribution in [3.63, 3.8) is 0 Å². The van der Waals surface area contributed by atoms with Gasteiger partial charge in [-0.2, -0.15) is 0 Å². The van der Waals surface area contributed by atoms with Gasteiger partial charge in [0.15, 0.2) is 0 Å². The van der Waals surface area contributed by atoms with E-state index in [1.165, 1.54) is 22.3 Å². The van der Waals surface area contributed by atoms with Gasteiger partial charge in [0.25, 0.3) is 0 Å². The highest BCUT2D eigenvalue weighted by molar-refractivity contribution is 7.02. The van der Waals surface area contributed by atoms with Crippen molar-refractivity contribution in [3.05, 3.63) is 82.2 Å². The van der Waals surface area contributed by atoms with E-state index in [9.17, 15) is 0 Å². The van der Waals surface area contributed by atoms with Gasteiger partial charge in [0.2, 0.25) is 0 Å². The topological polar surface area (TPSA) is 0 Å². The van der Waals surface area contributed by atoms with E-state index >= 15 is 0 Å². The summed E-state index contributed by atoms with van der Waals surface area (Å²) in [6.07, 6.45) is 4.89. The van der Waals surface area contributed by atoms with Gasteiger partial charge in [-0.1, -0.05) is 84.2 Å². The van der Waals surface area contributed by atoms with Crippen LogP contribution in [0.5, 0.6) is 0 Å². The molecule has 1 unspecified atom stereocenters. The molecular weight excluding hydrogens is 268 g/mol. The zero-order chi connectivity index (χ0) is 14.2. The van der Waals surface area contributed by atoms with E-state index in [2.05, 4.69) is 73.8 Å². The molecule has 21 heavy (non-hydrogen) atoms. The first-order valence-electron chi connectivity index (χ1n) is 7.81. The van der Waals surface area contributed by atoms with Gasteiger partial charge >= 0.3 is 0 Å². The molecule has 3 aliphatic rings. The molecule has 0 saturated heterocycles. The fraction of sp³-hybridized carbons (Fsp3) is 0.200. The largest absolute Gasteiger partial charge is 0.107 e. The lowest BCUT2D eigenvalue weighted by Crippen LogP contribution is -2.20. The minimum absolute atomic E-state index is 0.537. The number of allylic oxidation sites excluding steroid dienone is 4. The van der Waals surface area contributed by atoms with Gasteiger partial charge in [0.1, 0.15) is 8.07 Å². The monoisotopic (exact) mass is 286 g/mol. The van der Waals surface area contributed by atoms with Gasteiger partial charge in [0, 0.05) is 11.8 Å². The summed E-state index contributed by atoms with van der Waals surface area (Å²) in [5.74, 6) is 1.15. The van der Waals surface area contributed by atoms with Gasteiger partial charge in [-0.05, 0) is 22.3 Å². The van der Waals surface area contributed by atoms with Crippen molar-refractivity contribution in [2.75, 3.05) is 0 Å². The van der Waals surface area contributed by atoms with Crippen LogP contribution in [0.15, 0.2) is 71.1 Å². The van der Waals surface area contributed by atoms with E-state index < -0.39 is 8.07 Å². The predicted octanol–water partition coefficient (Wildman–Crippen LogP) is 5.08. The third kappa shape index (κ3) is 1.35. The second-order valence-corrected chi connectivity index (χ2v) is 11.3. The van der Waals surface area contributed by atoms with E-state index in [1.54, 1.807) is 10.4 Å². The van der Waals surface area contributed by atoms with Crippen LogP contribution in [0.25, 0.3) is 11.1 Å². The minimum Gasteiger partial charge on any atom is -0.0769 e. The minimum atomic E-state index is -1.13. The molecule has 0 fully saturated rings. The summed E-state index contributed by atoms with van der Waals surface area (Å²) in [6.45, 7) is 5.00. The molecule has 0 spiro atoms. The van der Waals surface area contributed by atoms with Crippen molar-refractivity contribution < 1.29 is 0 Å². The summed E-state index contributed by atoms with van der Waals surface area (Å²) in [4.78, 5) is 0. The maximum Gasteiger partial charge on any atom is 0.107 e. The van der Waals surface area contributed by atoms with Gasteiger partial charge in [-0.3, -0.25) is 0 Å². The molecule has 0 radical (unpaired) electrons. The molecule has 0 N–H and O–H groups in total. The summed E-state index contributed by atoms with van der Waals surface area (Å²) < 4.78 is 0. The van der Waals surface area contributed by atoms with Gasteiger partial charge < -0.3 is 0 Å². The van der Waals surface area contributed by atoms with E-state index in [4.69, 9.17) is 0 Å². The number of benzene rings is 2. The Bertz CT molecular complexity index is 793. The lowest BCUT2D eigenvalue weighted by atomic mass is 9.85. The van der Waals surface area contributed by atoms with E-state index in [0.717, 1.165) is 0 Å². The fourth-order valence-electron chi connectivity index (χ4n) is 4.58. The molecule has 2 aromatic carbocycles. The number of fused-ring (bicyclic) bond motifs is 3. The fourth-order valence-corrected chi connectivity index (χ4v) is 8.24. The van der Waals surface area contributed by atoms with Crippen molar-refractivity contribution in [1.29, 1.82) is 0 Å². The van der Waals surface area contributed by atoms with Gasteiger partial charge in [-0.25, -0.2) is 0 Å². The maximum atomic E-state index is 2.50. The van der Waals surface area contributed by atoms with Crippen molar-refractivity contribution in [2.24, 2.45) is 5.92 Å². The molecule has 0 aromatic heterocycles.